The Balaban J connectivity index is 1.70. The molecule has 0 spiro atoms. The van der Waals surface area contributed by atoms with E-state index in [4.69, 9.17) is 5.26 Å². The van der Waals surface area contributed by atoms with Gasteiger partial charge in [0.15, 0.2) is 0 Å². The number of nitrogens with one attached hydrogen (secondary N) is 1. The largest absolute Gasteiger partial charge is 0.324 e. The van der Waals surface area contributed by atoms with Crippen molar-refractivity contribution in [1.29, 1.82) is 5.26 Å². The summed E-state index contributed by atoms with van der Waals surface area (Å²) in [5.74, 6) is 0.775. The normalized spacial score (nSPS) is 16.8. The van der Waals surface area contributed by atoms with Crippen LogP contribution in [0.2, 0.25) is 0 Å². The fraction of sp³-hybridized carbons (Fsp3) is 0.188. The van der Waals surface area contributed by atoms with Gasteiger partial charge in [0.05, 0.1) is 23.1 Å². The van der Waals surface area contributed by atoms with Gasteiger partial charge in [-0.1, -0.05) is 0 Å². The van der Waals surface area contributed by atoms with Crippen LogP contribution in [-0.4, -0.2) is 34.4 Å². The van der Waals surface area contributed by atoms with Crippen molar-refractivity contribution in [3.05, 3.63) is 52.2 Å². The van der Waals surface area contributed by atoms with Gasteiger partial charge in [0.1, 0.15) is 6.04 Å². The quantitative estimate of drug-likeness (QED) is 0.930. The number of carbonyl (C=O) groups excluding carboxylic acids is 2. The van der Waals surface area contributed by atoms with E-state index in [2.05, 4.69) is 5.32 Å². The van der Waals surface area contributed by atoms with Crippen LogP contribution >= 0.6 is 23.1 Å². The van der Waals surface area contributed by atoms with Crippen molar-refractivity contribution >= 4 is 40.6 Å². The number of nitriles is 1. The maximum absolute atomic E-state index is 12.5. The summed E-state index contributed by atoms with van der Waals surface area (Å²) in [6.45, 7) is 0. The molecule has 7 heteroatoms. The van der Waals surface area contributed by atoms with Gasteiger partial charge in [-0.2, -0.15) is 16.6 Å². The molecule has 0 aliphatic carbocycles. The number of thiophene rings is 1. The third-order valence-electron chi connectivity index (χ3n) is 3.50. The highest BCUT2D eigenvalue weighted by atomic mass is 32.2. The second-order valence-corrected chi connectivity index (χ2v) is 6.76. The minimum atomic E-state index is -0.483. The lowest BCUT2D eigenvalue weighted by Gasteiger charge is -2.22. The molecule has 1 atom stereocenters. The Kier molecular flexibility index (Phi) is 4.65. The molecule has 0 bridgehead atoms. The van der Waals surface area contributed by atoms with Crippen molar-refractivity contribution in [1.82, 2.24) is 4.90 Å². The van der Waals surface area contributed by atoms with E-state index in [1.54, 1.807) is 52.4 Å². The van der Waals surface area contributed by atoms with E-state index < -0.39 is 6.04 Å². The molecule has 5 nitrogen and oxygen atoms in total. The third kappa shape index (κ3) is 3.38. The first kappa shape index (κ1) is 15.6. The van der Waals surface area contributed by atoms with E-state index in [1.807, 2.05) is 11.4 Å². The van der Waals surface area contributed by atoms with E-state index >= 15 is 0 Å². The van der Waals surface area contributed by atoms with Gasteiger partial charge in [-0.3, -0.25) is 9.59 Å². The van der Waals surface area contributed by atoms with Gasteiger partial charge in [0.2, 0.25) is 5.91 Å². The Hall–Kier alpha value is -2.30. The average molecular weight is 343 g/mol. The molecule has 1 aliphatic heterocycles. The Morgan fingerprint density at radius 1 is 1.26 bits per heavy atom. The number of thioether (sulfide) groups is 1. The van der Waals surface area contributed by atoms with Crippen LogP contribution < -0.4 is 5.32 Å². The zero-order valence-electron chi connectivity index (χ0n) is 12.1. The van der Waals surface area contributed by atoms with Crippen LogP contribution in [0.3, 0.4) is 0 Å². The van der Waals surface area contributed by atoms with E-state index in [1.165, 1.54) is 11.3 Å². The average Bonchev–Trinajstić information content (AvgIpc) is 3.26. The van der Waals surface area contributed by atoms with Crippen molar-refractivity contribution in [3.8, 4) is 6.07 Å². The molecule has 1 saturated heterocycles. The van der Waals surface area contributed by atoms with Crippen molar-refractivity contribution in [2.24, 2.45) is 0 Å². The number of amides is 2. The summed E-state index contributed by atoms with van der Waals surface area (Å²) in [6.07, 6.45) is 0. The fourth-order valence-corrected chi connectivity index (χ4v) is 4.05. The smallest absolute Gasteiger partial charge is 0.256 e. The van der Waals surface area contributed by atoms with Gasteiger partial charge < -0.3 is 10.2 Å². The molecule has 2 heterocycles. The molecule has 1 fully saturated rings. The van der Waals surface area contributed by atoms with Gasteiger partial charge >= 0.3 is 0 Å². The van der Waals surface area contributed by atoms with E-state index in [-0.39, 0.29) is 11.8 Å². The highest BCUT2D eigenvalue weighted by Crippen LogP contribution is 2.25. The Morgan fingerprint density at radius 3 is 2.70 bits per heavy atom. The molecule has 1 aromatic heterocycles. The van der Waals surface area contributed by atoms with Crippen molar-refractivity contribution in [2.75, 3.05) is 16.9 Å². The second kappa shape index (κ2) is 6.86. The van der Waals surface area contributed by atoms with Gasteiger partial charge in [-0.15, -0.1) is 11.8 Å². The topological polar surface area (TPSA) is 73.2 Å². The highest BCUT2D eigenvalue weighted by Gasteiger charge is 2.35. The van der Waals surface area contributed by atoms with E-state index in [0.717, 1.165) is 0 Å². The molecular weight excluding hydrogens is 330 g/mol. The minimum Gasteiger partial charge on any atom is -0.324 e. The number of anilines is 1. The molecule has 1 N–H and O–H groups in total. The number of benzene rings is 1. The molecule has 23 heavy (non-hydrogen) atoms. The van der Waals surface area contributed by atoms with E-state index in [0.29, 0.717) is 28.4 Å². The first-order valence-corrected chi connectivity index (χ1v) is 9.01. The van der Waals surface area contributed by atoms with Gasteiger partial charge in [0, 0.05) is 16.8 Å². The number of hydrogen-bond acceptors (Lipinski definition) is 5. The zero-order chi connectivity index (χ0) is 16.2. The fourth-order valence-electron chi connectivity index (χ4n) is 2.27. The molecule has 116 valence electrons. The van der Waals surface area contributed by atoms with Crippen LogP contribution in [0.5, 0.6) is 0 Å². The number of nitrogens with zero attached hydrogens (tertiary/aromatic N) is 2. The lowest BCUT2D eigenvalue weighted by Crippen LogP contribution is -2.44. The molecular formula is C16H13N3O2S2. The maximum Gasteiger partial charge on any atom is 0.256 e. The molecule has 0 saturated carbocycles. The van der Waals surface area contributed by atoms with E-state index in [9.17, 15) is 9.59 Å². The Morgan fingerprint density at radius 2 is 2.04 bits per heavy atom. The minimum absolute atomic E-state index is 0.115. The standard InChI is InChI=1S/C16H13N3O2S2/c17-7-11-1-3-13(4-2-11)18-15(20)14-9-23-10-19(14)16(21)12-5-6-22-8-12/h1-6,8,14H,9-10H2,(H,18,20)/t14-/m0/s1. The second-order valence-electron chi connectivity index (χ2n) is 4.98. The molecule has 1 aromatic carbocycles. The molecule has 2 aromatic rings. The number of carbonyl (C=O) groups is 2. The maximum atomic E-state index is 12.5. The predicted octanol–water partition coefficient (Wildman–Crippen LogP) is 2.77. The summed E-state index contributed by atoms with van der Waals surface area (Å²) < 4.78 is 0. The van der Waals surface area contributed by atoms with Crippen LogP contribution in [0, 0.1) is 11.3 Å². The molecule has 2 amide bonds. The SMILES string of the molecule is N#Cc1ccc(NC(=O)[C@@H]2CSCN2C(=O)c2ccsc2)cc1. The van der Waals surface area contributed by atoms with Gasteiger partial charge in [-0.05, 0) is 35.7 Å². The first-order chi connectivity index (χ1) is 11.2. The van der Waals surface area contributed by atoms with Crippen LogP contribution in [0.15, 0.2) is 41.1 Å². The number of hydrogen-bond donors (Lipinski definition) is 1. The van der Waals surface area contributed by atoms with Crippen molar-refractivity contribution < 1.29 is 9.59 Å². The van der Waals surface area contributed by atoms with Crippen LogP contribution in [0.1, 0.15) is 15.9 Å². The summed E-state index contributed by atoms with van der Waals surface area (Å²) in [4.78, 5) is 26.5. The summed E-state index contributed by atoms with van der Waals surface area (Å²) in [5.41, 5.74) is 1.77. The van der Waals surface area contributed by atoms with Gasteiger partial charge in [-0.25, -0.2) is 0 Å². The summed E-state index contributed by atoms with van der Waals surface area (Å²) >= 11 is 3.03. The lowest BCUT2D eigenvalue weighted by molar-refractivity contribution is -0.119. The third-order valence-corrected chi connectivity index (χ3v) is 5.19. The molecule has 0 unspecified atom stereocenters. The predicted molar refractivity (Wildman–Crippen MR) is 91.4 cm³/mol. The van der Waals surface area contributed by atoms with Crippen LogP contribution in [-0.2, 0) is 4.79 Å². The highest BCUT2D eigenvalue weighted by molar-refractivity contribution is 7.99. The molecule has 1 aliphatic rings. The molecule has 0 radical (unpaired) electrons. The summed E-state index contributed by atoms with van der Waals surface area (Å²) in [7, 11) is 0. The lowest BCUT2D eigenvalue weighted by atomic mass is 10.2. The van der Waals surface area contributed by atoms with Gasteiger partial charge in [0.25, 0.3) is 5.91 Å². The van der Waals surface area contributed by atoms with Crippen molar-refractivity contribution in [2.45, 2.75) is 6.04 Å². The molecule has 3 rings (SSSR count). The van der Waals surface area contributed by atoms with Crippen LogP contribution in [0.4, 0.5) is 5.69 Å². The first-order valence-electron chi connectivity index (χ1n) is 6.91. The monoisotopic (exact) mass is 343 g/mol. The zero-order valence-corrected chi connectivity index (χ0v) is 13.7. The Labute approximate surface area is 141 Å². The number of rotatable bonds is 3. The summed E-state index contributed by atoms with van der Waals surface area (Å²) in [6, 6.07) is 9.98. The summed E-state index contributed by atoms with van der Waals surface area (Å²) in [5, 5.41) is 15.2. The van der Waals surface area contributed by atoms with Crippen LogP contribution in [0.25, 0.3) is 0 Å². The van der Waals surface area contributed by atoms with Crippen molar-refractivity contribution in [3.63, 3.8) is 0 Å². The Bertz CT molecular complexity index is 751.